The molecule has 2 aromatic carbocycles. The van der Waals surface area contributed by atoms with E-state index in [1.54, 1.807) is 23.0 Å². The molecule has 0 spiro atoms. The van der Waals surface area contributed by atoms with E-state index in [0.717, 1.165) is 15.8 Å². The fourth-order valence-electron chi connectivity index (χ4n) is 2.13. The zero-order chi connectivity index (χ0) is 18.5. The minimum Gasteiger partial charge on any atom is -0.258 e. The standard InChI is InChI=1S/C17H14BrN5O2S/c1-12-20-21-17(26-11-13-5-7-15(18)8-6-13)22(12)19-10-14-3-2-4-16(9-14)23(24)25/h2-10H,11H2,1H3/b19-10+. The van der Waals surface area contributed by atoms with Gasteiger partial charge in [0.15, 0.2) is 5.82 Å². The lowest BCUT2D eigenvalue weighted by molar-refractivity contribution is -0.384. The number of rotatable bonds is 6. The van der Waals surface area contributed by atoms with E-state index < -0.39 is 4.92 Å². The van der Waals surface area contributed by atoms with Gasteiger partial charge >= 0.3 is 0 Å². The Kier molecular flexibility index (Phi) is 5.79. The maximum absolute atomic E-state index is 10.9. The highest BCUT2D eigenvalue weighted by Gasteiger charge is 2.09. The van der Waals surface area contributed by atoms with Gasteiger partial charge < -0.3 is 0 Å². The van der Waals surface area contributed by atoms with E-state index in [4.69, 9.17) is 0 Å². The van der Waals surface area contributed by atoms with Crippen LogP contribution in [0.3, 0.4) is 0 Å². The summed E-state index contributed by atoms with van der Waals surface area (Å²) >= 11 is 4.94. The second-order valence-corrected chi connectivity index (χ2v) is 7.21. The molecule has 0 atom stereocenters. The number of aromatic nitrogens is 3. The minimum atomic E-state index is -0.430. The Hall–Kier alpha value is -2.52. The molecule has 1 heterocycles. The van der Waals surface area contributed by atoms with E-state index in [-0.39, 0.29) is 5.69 Å². The molecule has 0 aliphatic rings. The number of aryl methyl sites for hydroxylation is 1. The van der Waals surface area contributed by atoms with Gasteiger partial charge in [-0.05, 0) is 24.6 Å². The van der Waals surface area contributed by atoms with Crippen LogP contribution in [0.2, 0.25) is 0 Å². The Morgan fingerprint density at radius 1 is 1.27 bits per heavy atom. The van der Waals surface area contributed by atoms with Gasteiger partial charge in [0.25, 0.3) is 5.69 Å². The van der Waals surface area contributed by atoms with Crippen LogP contribution in [0.4, 0.5) is 5.69 Å². The lowest BCUT2D eigenvalue weighted by atomic mass is 10.2. The molecule has 0 unspecified atom stereocenters. The predicted octanol–water partition coefficient (Wildman–Crippen LogP) is 4.43. The average Bonchev–Trinajstić information content (AvgIpc) is 2.99. The van der Waals surface area contributed by atoms with Crippen molar-refractivity contribution in [3.8, 4) is 0 Å². The van der Waals surface area contributed by atoms with E-state index in [9.17, 15) is 10.1 Å². The van der Waals surface area contributed by atoms with Crippen molar-refractivity contribution in [1.29, 1.82) is 0 Å². The summed E-state index contributed by atoms with van der Waals surface area (Å²) in [7, 11) is 0. The summed E-state index contributed by atoms with van der Waals surface area (Å²) in [5.41, 5.74) is 1.82. The first kappa shape index (κ1) is 18.3. The van der Waals surface area contributed by atoms with Crippen molar-refractivity contribution in [3.63, 3.8) is 0 Å². The summed E-state index contributed by atoms with van der Waals surface area (Å²) in [4.78, 5) is 10.4. The molecule has 9 heteroatoms. The predicted molar refractivity (Wildman–Crippen MR) is 105 cm³/mol. The monoisotopic (exact) mass is 431 g/mol. The molecule has 26 heavy (non-hydrogen) atoms. The highest BCUT2D eigenvalue weighted by Crippen LogP contribution is 2.23. The van der Waals surface area contributed by atoms with Crippen molar-refractivity contribution in [1.82, 2.24) is 14.9 Å². The van der Waals surface area contributed by atoms with E-state index in [1.807, 2.05) is 31.2 Å². The number of nitrogens with zero attached hydrogens (tertiary/aromatic N) is 5. The first-order valence-electron chi connectivity index (χ1n) is 7.61. The summed E-state index contributed by atoms with van der Waals surface area (Å²) in [6, 6.07) is 14.4. The first-order valence-corrected chi connectivity index (χ1v) is 9.39. The average molecular weight is 432 g/mol. The first-order chi connectivity index (χ1) is 12.5. The molecule has 0 N–H and O–H groups in total. The maximum Gasteiger partial charge on any atom is 0.270 e. The molecule has 0 amide bonds. The van der Waals surface area contributed by atoms with Crippen LogP contribution in [-0.4, -0.2) is 26.0 Å². The summed E-state index contributed by atoms with van der Waals surface area (Å²) in [5, 5.41) is 24.1. The van der Waals surface area contributed by atoms with E-state index in [1.165, 1.54) is 23.9 Å². The molecular weight excluding hydrogens is 418 g/mol. The van der Waals surface area contributed by atoms with Crippen LogP contribution in [0.15, 0.2) is 63.3 Å². The highest BCUT2D eigenvalue weighted by molar-refractivity contribution is 9.10. The van der Waals surface area contributed by atoms with E-state index in [2.05, 4.69) is 31.2 Å². The molecule has 132 valence electrons. The number of halogens is 1. The summed E-state index contributed by atoms with van der Waals surface area (Å²) in [6.07, 6.45) is 1.56. The zero-order valence-corrected chi connectivity index (χ0v) is 16.1. The Bertz CT molecular complexity index is 956. The van der Waals surface area contributed by atoms with Crippen LogP contribution in [0.1, 0.15) is 17.0 Å². The van der Waals surface area contributed by atoms with Gasteiger partial charge in [-0.15, -0.1) is 10.2 Å². The molecule has 3 rings (SSSR count). The van der Waals surface area contributed by atoms with Crippen LogP contribution in [0.25, 0.3) is 0 Å². The van der Waals surface area contributed by atoms with E-state index >= 15 is 0 Å². The Morgan fingerprint density at radius 2 is 2.04 bits per heavy atom. The fourth-order valence-corrected chi connectivity index (χ4v) is 3.29. The van der Waals surface area contributed by atoms with Gasteiger partial charge in [-0.1, -0.05) is 52.0 Å². The maximum atomic E-state index is 10.9. The Labute approximate surface area is 162 Å². The number of hydrogen-bond acceptors (Lipinski definition) is 6. The van der Waals surface area contributed by atoms with Gasteiger partial charge in [0.1, 0.15) is 0 Å². The molecule has 0 bridgehead atoms. The van der Waals surface area contributed by atoms with Crippen molar-refractivity contribution < 1.29 is 4.92 Å². The number of thioether (sulfide) groups is 1. The van der Waals surface area contributed by atoms with Crippen LogP contribution >= 0.6 is 27.7 Å². The van der Waals surface area contributed by atoms with Gasteiger partial charge in [-0.2, -0.15) is 9.78 Å². The van der Waals surface area contributed by atoms with Crippen molar-refractivity contribution in [2.75, 3.05) is 0 Å². The number of nitro groups is 1. The van der Waals surface area contributed by atoms with Gasteiger partial charge in [0.2, 0.25) is 5.16 Å². The second kappa shape index (κ2) is 8.24. The quantitative estimate of drug-likeness (QED) is 0.249. The third kappa shape index (κ3) is 4.55. The van der Waals surface area contributed by atoms with Gasteiger partial charge in [-0.25, -0.2) is 0 Å². The van der Waals surface area contributed by atoms with Crippen LogP contribution in [0.5, 0.6) is 0 Å². The number of non-ortho nitro benzene ring substituents is 1. The smallest absolute Gasteiger partial charge is 0.258 e. The molecule has 0 radical (unpaired) electrons. The lowest BCUT2D eigenvalue weighted by Crippen LogP contribution is -1.97. The third-order valence-electron chi connectivity index (χ3n) is 3.45. The molecule has 0 fully saturated rings. The second-order valence-electron chi connectivity index (χ2n) is 5.35. The number of hydrogen-bond donors (Lipinski definition) is 0. The number of benzene rings is 2. The number of nitro benzene ring substituents is 1. The van der Waals surface area contributed by atoms with Crippen molar-refractivity contribution >= 4 is 39.6 Å². The summed E-state index contributed by atoms with van der Waals surface area (Å²) in [6.45, 7) is 1.81. The van der Waals surface area contributed by atoms with E-state index in [0.29, 0.717) is 16.5 Å². The molecule has 0 aliphatic carbocycles. The van der Waals surface area contributed by atoms with Crippen LogP contribution in [-0.2, 0) is 5.75 Å². The Balaban J connectivity index is 1.76. The molecule has 7 nitrogen and oxygen atoms in total. The fraction of sp³-hybridized carbons (Fsp3) is 0.118. The molecule has 3 aromatic rings. The SMILES string of the molecule is Cc1nnc(SCc2ccc(Br)cc2)n1/N=C/c1cccc([N+](=O)[O-])c1. The molecule has 0 saturated heterocycles. The Morgan fingerprint density at radius 3 is 2.77 bits per heavy atom. The third-order valence-corrected chi connectivity index (χ3v) is 4.97. The van der Waals surface area contributed by atoms with Crippen molar-refractivity contribution in [2.45, 2.75) is 17.8 Å². The zero-order valence-electron chi connectivity index (χ0n) is 13.7. The highest BCUT2D eigenvalue weighted by atomic mass is 79.9. The van der Waals surface area contributed by atoms with Gasteiger partial charge in [0, 0.05) is 27.9 Å². The minimum absolute atomic E-state index is 0.0271. The van der Waals surface area contributed by atoms with Crippen LogP contribution in [0, 0.1) is 17.0 Å². The molecule has 0 saturated carbocycles. The van der Waals surface area contributed by atoms with Crippen LogP contribution < -0.4 is 0 Å². The van der Waals surface area contributed by atoms with Gasteiger partial charge in [-0.3, -0.25) is 10.1 Å². The summed E-state index contributed by atoms with van der Waals surface area (Å²) in [5.74, 6) is 1.38. The largest absolute Gasteiger partial charge is 0.270 e. The van der Waals surface area contributed by atoms with Crippen molar-refractivity contribution in [2.24, 2.45) is 5.10 Å². The van der Waals surface area contributed by atoms with Gasteiger partial charge in [0.05, 0.1) is 11.1 Å². The molecular formula is C17H14BrN5O2S. The summed E-state index contributed by atoms with van der Waals surface area (Å²) < 4.78 is 2.66. The topological polar surface area (TPSA) is 86.2 Å². The molecule has 1 aromatic heterocycles. The lowest BCUT2D eigenvalue weighted by Gasteiger charge is -2.03. The normalized spacial score (nSPS) is 11.2. The molecule has 0 aliphatic heterocycles. The van der Waals surface area contributed by atoms with Crippen molar-refractivity contribution in [3.05, 3.63) is 80.1 Å².